The second kappa shape index (κ2) is 14.4. The van der Waals surface area contributed by atoms with Crippen LogP contribution in [0.25, 0.3) is 0 Å². The highest BCUT2D eigenvalue weighted by molar-refractivity contribution is 6.42. The molecular formula is C26H37F2N5OSi. The molecule has 2 aromatic rings. The highest BCUT2D eigenvalue weighted by Gasteiger charge is 2.34. The molecule has 3 rings (SSSR count). The van der Waals surface area contributed by atoms with Crippen molar-refractivity contribution in [2.24, 2.45) is 0 Å². The average Bonchev–Trinajstić information content (AvgIpc) is 2.87. The minimum absolute atomic E-state index is 0.00283. The lowest BCUT2D eigenvalue weighted by Crippen LogP contribution is -2.46. The van der Waals surface area contributed by atoms with E-state index in [9.17, 15) is 13.6 Å². The van der Waals surface area contributed by atoms with Crippen LogP contribution in [0.2, 0.25) is 6.55 Å². The number of nitrogens with one attached hydrogen (secondary N) is 4. The molecule has 6 nitrogen and oxygen atoms in total. The van der Waals surface area contributed by atoms with E-state index in [-0.39, 0.29) is 30.5 Å². The fraction of sp³-hybridized carbons (Fsp3) is 0.538. The van der Waals surface area contributed by atoms with Gasteiger partial charge in [0, 0.05) is 44.7 Å². The van der Waals surface area contributed by atoms with E-state index in [1.165, 1.54) is 5.56 Å². The molecule has 0 saturated heterocycles. The topological polar surface area (TPSA) is 78.1 Å². The molecule has 1 amide bonds. The molecule has 1 aromatic carbocycles. The van der Waals surface area contributed by atoms with Crippen LogP contribution in [-0.2, 0) is 24.4 Å². The number of rotatable bonds is 14. The van der Waals surface area contributed by atoms with Gasteiger partial charge in [-0.2, -0.15) is 0 Å². The van der Waals surface area contributed by atoms with Crippen molar-refractivity contribution in [2.45, 2.75) is 75.9 Å². The number of carbonyl (C=O) groups excluding carboxylic acids is 1. The van der Waals surface area contributed by atoms with Crippen LogP contribution in [0.4, 0.5) is 8.78 Å². The van der Waals surface area contributed by atoms with Crippen LogP contribution in [0, 0.1) is 0 Å². The van der Waals surface area contributed by atoms with Gasteiger partial charge in [0.15, 0.2) is 0 Å². The largest absolute Gasteiger partial charge is 0.351 e. The second-order valence-electron chi connectivity index (χ2n) is 9.07. The molecule has 1 saturated carbocycles. The van der Waals surface area contributed by atoms with Crippen LogP contribution < -0.4 is 21.3 Å². The standard InChI is InChI=1S/C26H37F2N5OSi/c1-35-25(33-19-23-5-2-3-15-31-23)24(34)32-18-21-8-6-20(7-9-21)17-29-14-4-16-30-22-10-12-26(27,28)13-11-22/h2-3,5-9,15,22,25,29-30,33H,4,10-14,16-19H2,1H3,(H,32,34)/t25-/m0/s1. The second-order valence-corrected chi connectivity index (χ2v) is 10.2. The zero-order chi connectivity index (χ0) is 24.9. The maximum Gasteiger partial charge on any atom is 0.248 e. The zero-order valence-electron chi connectivity index (χ0n) is 20.5. The van der Waals surface area contributed by atoms with E-state index in [1.807, 2.05) is 36.9 Å². The molecule has 35 heavy (non-hydrogen) atoms. The summed E-state index contributed by atoms with van der Waals surface area (Å²) in [7, 11) is 0.450. The van der Waals surface area contributed by atoms with Crippen molar-refractivity contribution in [3.63, 3.8) is 0 Å². The Morgan fingerprint density at radius 3 is 2.43 bits per heavy atom. The van der Waals surface area contributed by atoms with Gasteiger partial charge in [0.05, 0.1) is 20.9 Å². The SMILES string of the molecule is C[Si][C@H](NCc1ccccn1)C(=O)NCc1ccc(CNCCCNC2CCC(F)(F)CC2)cc1. The highest BCUT2D eigenvalue weighted by Crippen LogP contribution is 2.32. The smallest absolute Gasteiger partial charge is 0.248 e. The maximum atomic E-state index is 13.2. The lowest BCUT2D eigenvalue weighted by molar-refractivity contribution is -0.121. The van der Waals surface area contributed by atoms with Crippen LogP contribution in [0.3, 0.4) is 0 Å². The van der Waals surface area contributed by atoms with Gasteiger partial charge in [-0.3, -0.25) is 9.78 Å². The van der Waals surface area contributed by atoms with Gasteiger partial charge in [0.1, 0.15) is 0 Å². The van der Waals surface area contributed by atoms with Crippen LogP contribution in [0.15, 0.2) is 48.7 Å². The van der Waals surface area contributed by atoms with Crippen molar-refractivity contribution in [1.29, 1.82) is 0 Å². The minimum Gasteiger partial charge on any atom is -0.351 e. The Morgan fingerprint density at radius 1 is 1.06 bits per heavy atom. The minimum atomic E-state index is -2.46. The van der Waals surface area contributed by atoms with E-state index in [2.05, 4.69) is 38.4 Å². The Hall–Kier alpha value is -2.20. The molecule has 1 atom stereocenters. The normalized spacial score (nSPS) is 16.7. The molecule has 9 heteroatoms. The lowest BCUT2D eigenvalue weighted by Gasteiger charge is -2.28. The first-order valence-corrected chi connectivity index (χ1v) is 14.0. The van der Waals surface area contributed by atoms with Gasteiger partial charge >= 0.3 is 0 Å². The first-order chi connectivity index (χ1) is 16.9. The van der Waals surface area contributed by atoms with Crippen molar-refractivity contribution < 1.29 is 13.6 Å². The van der Waals surface area contributed by atoms with Crippen LogP contribution in [-0.4, -0.2) is 51.1 Å². The third-order valence-electron chi connectivity index (χ3n) is 6.26. The Balaban J connectivity index is 1.27. The molecule has 1 aromatic heterocycles. The van der Waals surface area contributed by atoms with Gasteiger partial charge in [-0.05, 0) is 55.6 Å². The van der Waals surface area contributed by atoms with Crippen molar-refractivity contribution in [3.05, 3.63) is 65.5 Å². The summed E-state index contributed by atoms with van der Waals surface area (Å²) in [4.78, 5) is 16.8. The Labute approximate surface area is 209 Å². The summed E-state index contributed by atoms with van der Waals surface area (Å²) in [6.45, 7) is 5.58. The molecule has 0 spiro atoms. The molecule has 1 aliphatic carbocycles. The van der Waals surface area contributed by atoms with E-state index >= 15 is 0 Å². The zero-order valence-corrected chi connectivity index (χ0v) is 21.5. The third-order valence-corrected chi connectivity index (χ3v) is 7.31. The number of hydrogen-bond donors (Lipinski definition) is 4. The Morgan fingerprint density at radius 2 is 1.77 bits per heavy atom. The number of pyridine rings is 1. The van der Waals surface area contributed by atoms with Gasteiger partial charge in [0.25, 0.3) is 0 Å². The van der Waals surface area contributed by atoms with E-state index in [1.54, 1.807) is 6.20 Å². The lowest BCUT2D eigenvalue weighted by atomic mass is 9.92. The van der Waals surface area contributed by atoms with E-state index < -0.39 is 5.92 Å². The summed E-state index contributed by atoms with van der Waals surface area (Å²) < 4.78 is 26.4. The van der Waals surface area contributed by atoms with Gasteiger partial charge in [-0.25, -0.2) is 8.78 Å². The van der Waals surface area contributed by atoms with Crippen LogP contribution in [0.1, 0.15) is 48.9 Å². The van der Waals surface area contributed by atoms with E-state index in [0.717, 1.165) is 37.3 Å². The first-order valence-electron chi connectivity index (χ1n) is 12.4. The van der Waals surface area contributed by atoms with Crippen LogP contribution in [0.5, 0.6) is 0 Å². The molecular weight excluding hydrogens is 464 g/mol. The van der Waals surface area contributed by atoms with Gasteiger partial charge in [-0.1, -0.05) is 36.9 Å². The number of hydrogen-bond acceptors (Lipinski definition) is 5. The predicted molar refractivity (Wildman–Crippen MR) is 136 cm³/mol. The Bertz CT molecular complexity index is 875. The number of amides is 1. The molecule has 190 valence electrons. The Kier molecular flexibility index (Phi) is 11.3. The molecule has 1 aliphatic rings. The number of alkyl halides is 2. The number of carbonyl (C=O) groups is 1. The molecule has 0 bridgehead atoms. The molecule has 2 radical (unpaired) electrons. The molecule has 1 heterocycles. The van der Waals surface area contributed by atoms with E-state index in [4.69, 9.17) is 0 Å². The van der Waals surface area contributed by atoms with Crippen molar-refractivity contribution >= 4 is 15.4 Å². The van der Waals surface area contributed by atoms with E-state index in [0.29, 0.717) is 35.5 Å². The molecule has 0 aliphatic heterocycles. The van der Waals surface area contributed by atoms with Crippen LogP contribution >= 0.6 is 0 Å². The number of benzene rings is 1. The first kappa shape index (κ1) is 27.4. The monoisotopic (exact) mass is 501 g/mol. The van der Waals surface area contributed by atoms with Gasteiger partial charge < -0.3 is 21.3 Å². The number of halogens is 2. The third kappa shape index (κ3) is 10.1. The average molecular weight is 502 g/mol. The summed E-state index contributed by atoms with van der Waals surface area (Å²) in [6.07, 6.45) is 3.85. The molecule has 1 fully saturated rings. The quantitative estimate of drug-likeness (QED) is 0.236. The summed E-state index contributed by atoms with van der Waals surface area (Å²) in [5.74, 6) is -2.46. The highest BCUT2D eigenvalue weighted by atomic mass is 28.2. The van der Waals surface area contributed by atoms with Crippen molar-refractivity contribution in [2.75, 3.05) is 13.1 Å². The van der Waals surface area contributed by atoms with Gasteiger partial charge in [-0.15, -0.1) is 0 Å². The summed E-state index contributed by atoms with van der Waals surface area (Å²) >= 11 is 0. The van der Waals surface area contributed by atoms with Crippen molar-refractivity contribution in [1.82, 2.24) is 26.3 Å². The van der Waals surface area contributed by atoms with Crippen molar-refractivity contribution in [3.8, 4) is 0 Å². The summed E-state index contributed by atoms with van der Waals surface area (Å²) in [6, 6.07) is 14.2. The van der Waals surface area contributed by atoms with Gasteiger partial charge in [0.2, 0.25) is 11.8 Å². The summed E-state index contributed by atoms with van der Waals surface area (Å²) in [5, 5.41) is 13.1. The molecule has 4 N–H and O–H groups in total. The summed E-state index contributed by atoms with van der Waals surface area (Å²) in [5.41, 5.74) is 2.94. The predicted octanol–water partition coefficient (Wildman–Crippen LogP) is 3.21. The maximum absolute atomic E-state index is 13.2. The fourth-order valence-electron chi connectivity index (χ4n) is 4.10. The molecule has 0 unspecified atom stereocenters. The fourth-order valence-corrected chi connectivity index (χ4v) is 4.77. The number of nitrogens with zero attached hydrogens (tertiary/aromatic N) is 1. The number of aromatic nitrogens is 1.